The van der Waals surface area contributed by atoms with Crippen LogP contribution >= 0.6 is 0 Å². The van der Waals surface area contributed by atoms with Crippen LogP contribution in [0, 0.1) is 28.4 Å². The highest BCUT2D eigenvalue weighted by atomic mass is 16.6. The van der Waals surface area contributed by atoms with Gasteiger partial charge in [-0.15, -0.1) is 0 Å². The maximum absolute atomic E-state index is 12.4. The fraction of sp³-hybridized carbons (Fsp3) is 0.0455. The number of carboxylic acid groups (broad SMARTS) is 1. The number of carboxylic acids is 1. The number of aryl methyl sites for hydroxylation is 1. The van der Waals surface area contributed by atoms with Gasteiger partial charge in [0.1, 0.15) is 23.2 Å². The molecule has 0 saturated carbocycles. The van der Waals surface area contributed by atoms with Gasteiger partial charge in [0.15, 0.2) is 0 Å². The summed E-state index contributed by atoms with van der Waals surface area (Å²) in [5, 5.41) is 31.9. The number of benzene rings is 2. The minimum atomic E-state index is -1.15. The number of nitrogens with one attached hydrogen (secondary N) is 1. The van der Waals surface area contributed by atoms with Crippen LogP contribution in [0.15, 0.2) is 64.6 Å². The van der Waals surface area contributed by atoms with Gasteiger partial charge >= 0.3 is 5.97 Å². The topological polar surface area (TPSA) is 146 Å². The second-order valence-corrected chi connectivity index (χ2v) is 6.47. The molecule has 9 nitrogen and oxygen atoms in total. The first-order valence-electron chi connectivity index (χ1n) is 8.90. The number of nitriles is 1. The highest BCUT2D eigenvalue weighted by Crippen LogP contribution is 2.29. The monoisotopic (exact) mass is 417 g/mol. The third-order valence-electron chi connectivity index (χ3n) is 4.34. The predicted octanol–water partition coefficient (Wildman–Crippen LogP) is 4.41. The number of non-ortho nitro benzene ring substituents is 1. The Bertz CT molecular complexity index is 1270. The van der Waals surface area contributed by atoms with Crippen LogP contribution < -0.4 is 5.32 Å². The zero-order valence-corrected chi connectivity index (χ0v) is 16.2. The Morgan fingerprint density at radius 2 is 1.97 bits per heavy atom. The number of nitro benzene ring substituents is 1. The molecular weight excluding hydrogens is 402 g/mol. The molecule has 0 radical (unpaired) electrons. The van der Waals surface area contributed by atoms with Crippen LogP contribution in [0.4, 0.5) is 11.4 Å². The van der Waals surface area contributed by atoms with E-state index >= 15 is 0 Å². The van der Waals surface area contributed by atoms with Crippen LogP contribution in [-0.2, 0) is 4.79 Å². The minimum Gasteiger partial charge on any atom is -0.478 e. The quantitative estimate of drug-likeness (QED) is 0.261. The molecule has 0 atom stereocenters. The highest BCUT2D eigenvalue weighted by molar-refractivity contribution is 6.09. The largest absolute Gasteiger partial charge is 0.478 e. The van der Waals surface area contributed by atoms with Gasteiger partial charge in [-0.25, -0.2) is 4.79 Å². The Kier molecular flexibility index (Phi) is 5.93. The molecule has 0 aliphatic carbocycles. The van der Waals surface area contributed by atoms with Crippen molar-refractivity contribution in [3.8, 4) is 17.4 Å². The molecule has 0 spiro atoms. The molecule has 0 aliphatic heterocycles. The maximum Gasteiger partial charge on any atom is 0.335 e. The number of anilines is 1. The van der Waals surface area contributed by atoms with E-state index in [0.717, 1.165) is 5.56 Å². The van der Waals surface area contributed by atoms with E-state index in [1.54, 1.807) is 25.1 Å². The summed E-state index contributed by atoms with van der Waals surface area (Å²) in [6, 6.07) is 14.9. The average Bonchev–Trinajstić information content (AvgIpc) is 3.20. The Balaban J connectivity index is 1.85. The number of carbonyl (C=O) groups is 2. The third kappa shape index (κ3) is 4.83. The summed E-state index contributed by atoms with van der Waals surface area (Å²) in [4.78, 5) is 34.0. The first-order chi connectivity index (χ1) is 14.8. The Hall–Kier alpha value is -4.71. The first-order valence-corrected chi connectivity index (χ1v) is 8.90. The number of rotatable bonds is 6. The number of carbonyl (C=O) groups excluding carboxylic acids is 1. The van der Waals surface area contributed by atoms with Crippen molar-refractivity contribution >= 4 is 29.3 Å². The van der Waals surface area contributed by atoms with Crippen molar-refractivity contribution in [2.75, 3.05) is 5.32 Å². The molecule has 0 bridgehead atoms. The fourth-order valence-electron chi connectivity index (χ4n) is 2.78. The van der Waals surface area contributed by atoms with Crippen molar-refractivity contribution in [2.45, 2.75) is 6.92 Å². The molecule has 154 valence electrons. The second-order valence-electron chi connectivity index (χ2n) is 6.47. The minimum absolute atomic E-state index is 0.0108. The van der Waals surface area contributed by atoms with Crippen LogP contribution in [0.5, 0.6) is 0 Å². The van der Waals surface area contributed by atoms with E-state index in [1.165, 1.54) is 48.5 Å². The molecular formula is C22H15N3O6. The van der Waals surface area contributed by atoms with Crippen LogP contribution in [-0.4, -0.2) is 21.9 Å². The summed E-state index contributed by atoms with van der Waals surface area (Å²) >= 11 is 0. The van der Waals surface area contributed by atoms with E-state index in [2.05, 4.69) is 5.32 Å². The van der Waals surface area contributed by atoms with Crippen LogP contribution in [0.3, 0.4) is 0 Å². The molecule has 1 amide bonds. The van der Waals surface area contributed by atoms with Crippen molar-refractivity contribution in [1.82, 2.24) is 0 Å². The normalized spacial score (nSPS) is 10.9. The van der Waals surface area contributed by atoms with Gasteiger partial charge in [-0.3, -0.25) is 14.9 Å². The summed E-state index contributed by atoms with van der Waals surface area (Å²) in [7, 11) is 0. The maximum atomic E-state index is 12.4. The predicted molar refractivity (Wildman–Crippen MR) is 111 cm³/mol. The van der Waals surface area contributed by atoms with E-state index in [1.807, 2.05) is 0 Å². The lowest BCUT2D eigenvalue weighted by molar-refractivity contribution is -0.384. The number of nitro groups is 1. The van der Waals surface area contributed by atoms with Gasteiger partial charge in [-0.05, 0) is 42.8 Å². The van der Waals surface area contributed by atoms with Gasteiger partial charge in [0.25, 0.3) is 11.6 Å². The van der Waals surface area contributed by atoms with Crippen LogP contribution in [0.1, 0.15) is 21.7 Å². The Morgan fingerprint density at radius 3 is 2.65 bits per heavy atom. The summed E-state index contributed by atoms with van der Waals surface area (Å²) in [6.07, 6.45) is 1.23. The van der Waals surface area contributed by atoms with E-state index in [-0.39, 0.29) is 28.3 Å². The van der Waals surface area contributed by atoms with E-state index < -0.39 is 16.8 Å². The lowest BCUT2D eigenvalue weighted by Crippen LogP contribution is -2.13. The van der Waals surface area contributed by atoms with Crippen molar-refractivity contribution in [2.24, 2.45) is 0 Å². The van der Waals surface area contributed by atoms with Crippen LogP contribution in [0.2, 0.25) is 0 Å². The number of furan rings is 1. The number of nitrogens with zero attached hydrogens (tertiary/aromatic N) is 2. The van der Waals surface area contributed by atoms with Gasteiger partial charge in [-0.2, -0.15) is 5.26 Å². The Morgan fingerprint density at radius 1 is 1.19 bits per heavy atom. The van der Waals surface area contributed by atoms with Crippen molar-refractivity contribution < 1.29 is 24.0 Å². The zero-order valence-electron chi connectivity index (χ0n) is 16.2. The molecule has 3 aromatic rings. The summed E-state index contributed by atoms with van der Waals surface area (Å²) in [5.41, 5.74) is 1.13. The van der Waals surface area contributed by atoms with E-state index in [4.69, 9.17) is 9.52 Å². The van der Waals surface area contributed by atoms with Gasteiger partial charge < -0.3 is 14.8 Å². The highest BCUT2D eigenvalue weighted by Gasteiger charge is 2.15. The number of hydrogen-bond acceptors (Lipinski definition) is 6. The van der Waals surface area contributed by atoms with Crippen LogP contribution in [0.25, 0.3) is 17.4 Å². The van der Waals surface area contributed by atoms with E-state index in [0.29, 0.717) is 11.3 Å². The zero-order chi connectivity index (χ0) is 22.5. The average molecular weight is 417 g/mol. The molecule has 0 unspecified atom stereocenters. The summed E-state index contributed by atoms with van der Waals surface area (Å²) in [6.45, 7) is 1.77. The molecule has 3 rings (SSSR count). The molecule has 1 heterocycles. The first kappa shape index (κ1) is 21.0. The van der Waals surface area contributed by atoms with Crippen molar-refractivity contribution in [3.63, 3.8) is 0 Å². The molecule has 1 aromatic heterocycles. The SMILES string of the molecule is Cc1ccc([N+](=O)[O-])cc1-c1ccc(/C=C(/C#N)C(=O)Nc2cccc(C(=O)O)c2)o1. The molecule has 0 aliphatic rings. The van der Waals surface area contributed by atoms with Gasteiger partial charge in [0, 0.05) is 29.5 Å². The molecule has 2 N–H and O–H groups in total. The number of hydrogen-bond donors (Lipinski definition) is 2. The standard InChI is InChI=1S/C22H15N3O6/c1-13-5-6-17(25(29)30)11-19(13)20-8-7-18(31-20)10-15(12-23)21(26)24-16-4-2-3-14(9-16)22(27)28/h2-11H,1H3,(H,24,26)(H,27,28)/b15-10-. The smallest absolute Gasteiger partial charge is 0.335 e. The second kappa shape index (κ2) is 8.75. The lowest BCUT2D eigenvalue weighted by atomic mass is 10.1. The van der Waals surface area contributed by atoms with Crippen molar-refractivity contribution in [1.29, 1.82) is 5.26 Å². The number of amides is 1. The lowest BCUT2D eigenvalue weighted by Gasteiger charge is -2.05. The fourth-order valence-corrected chi connectivity index (χ4v) is 2.78. The molecule has 31 heavy (non-hydrogen) atoms. The van der Waals surface area contributed by atoms with Gasteiger partial charge in [0.2, 0.25) is 0 Å². The molecule has 0 fully saturated rings. The summed E-state index contributed by atoms with van der Waals surface area (Å²) in [5.74, 6) is -1.34. The third-order valence-corrected chi connectivity index (χ3v) is 4.34. The van der Waals surface area contributed by atoms with E-state index in [9.17, 15) is 25.0 Å². The Labute approximate surface area is 176 Å². The number of aromatic carboxylic acids is 1. The molecule has 0 saturated heterocycles. The van der Waals surface area contributed by atoms with Crippen molar-refractivity contribution in [3.05, 3.63) is 87.2 Å². The summed E-state index contributed by atoms with van der Waals surface area (Å²) < 4.78 is 5.66. The van der Waals surface area contributed by atoms with Gasteiger partial charge in [-0.1, -0.05) is 12.1 Å². The molecule has 2 aromatic carbocycles. The molecule has 9 heteroatoms. The van der Waals surface area contributed by atoms with Gasteiger partial charge in [0.05, 0.1) is 10.5 Å².